The molecule has 0 fully saturated rings. The molecule has 0 bridgehead atoms. The van der Waals surface area contributed by atoms with Crippen LogP contribution >= 0.6 is 0 Å². The lowest BCUT2D eigenvalue weighted by Gasteiger charge is -2.14. The van der Waals surface area contributed by atoms with E-state index in [1.165, 1.54) is 0 Å². The van der Waals surface area contributed by atoms with E-state index >= 15 is 0 Å². The van der Waals surface area contributed by atoms with Gasteiger partial charge >= 0.3 is 0 Å². The van der Waals surface area contributed by atoms with E-state index in [4.69, 9.17) is 0 Å². The van der Waals surface area contributed by atoms with Gasteiger partial charge in [-0.1, -0.05) is 6.92 Å². The summed E-state index contributed by atoms with van der Waals surface area (Å²) in [4.78, 5) is 22.1. The Morgan fingerprint density at radius 3 is 2.95 bits per heavy atom. The van der Waals surface area contributed by atoms with Gasteiger partial charge in [0.25, 0.3) is 5.91 Å². The number of nitrogens with one attached hydrogen (secondary N) is 1. The largest absolute Gasteiger partial charge is 0.337 e. The van der Waals surface area contributed by atoms with E-state index < -0.39 is 0 Å². The van der Waals surface area contributed by atoms with Crippen LogP contribution in [-0.2, 0) is 20.0 Å². The second-order valence-electron chi connectivity index (χ2n) is 4.47. The number of aryl methyl sites for hydroxylation is 2. The van der Waals surface area contributed by atoms with Crippen LogP contribution in [0.25, 0.3) is 0 Å². The predicted octanol–water partition coefficient (Wildman–Crippen LogP) is 0.763. The first kappa shape index (κ1) is 13.3. The highest BCUT2D eigenvalue weighted by molar-refractivity contribution is 5.90. The van der Waals surface area contributed by atoms with Crippen molar-refractivity contribution in [3.05, 3.63) is 29.9 Å². The lowest BCUT2D eigenvalue weighted by Crippen LogP contribution is -2.28. The molecule has 1 amide bonds. The van der Waals surface area contributed by atoms with Crippen molar-refractivity contribution in [3.8, 4) is 0 Å². The van der Waals surface area contributed by atoms with Crippen molar-refractivity contribution in [2.45, 2.75) is 26.3 Å². The Morgan fingerprint density at radius 1 is 1.53 bits per heavy atom. The summed E-state index contributed by atoms with van der Waals surface area (Å²) < 4.78 is 1.88. The van der Waals surface area contributed by atoms with Gasteiger partial charge in [0.05, 0.1) is 6.54 Å². The molecule has 0 unspecified atom stereocenters. The first-order valence-electron chi connectivity index (χ1n) is 6.24. The Hall–Kier alpha value is -2.18. The average molecular weight is 262 g/mol. The summed E-state index contributed by atoms with van der Waals surface area (Å²) in [7, 11) is 3.61. The highest BCUT2D eigenvalue weighted by Gasteiger charge is 2.18. The van der Waals surface area contributed by atoms with Gasteiger partial charge in [-0.25, -0.2) is 9.97 Å². The van der Waals surface area contributed by atoms with Crippen LogP contribution in [-0.4, -0.2) is 42.6 Å². The van der Waals surface area contributed by atoms with Crippen LogP contribution in [0, 0.1) is 0 Å². The Labute approximate surface area is 111 Å². The lowest BCUT2D eigenvalue weighted by molar-refractivity contribution is 0.0769. The summed E-state index contributed by atoms with van der Waals surface area (Å²) >= 11 is 0. The molecular formula is C12H18N6O. The molecule has 7 heteroatoms. The van der Waals surface area contributed by atoms with Crippen LogP contribution in [0.4, 0.5) is 0 Å². The van der Waals surface area contributed by atoms with Crippen molar-refractivity contribution in [1.29, 1.82) is 0 Å². The quantitative estimate of drug-likeness (QED) is 0.862. The second kappa shape index (κ2) is 5.64. The second-order valence-corrected chi connectivity index (χ2v) is 4.47. The smallest absolute Gasteiger partial charge is 0.293 e. The Kier molecular flexibility index (Phi) is 3.94. The van der Waals surface area contributed by atoms with E-state index in [2.05, 4.69) is 27.1 Å². The Morgan fingerprint density at radius 2 is 2.32 bits per heavy atom. The fraction of sp³-hybridized carbons (Fsp3) is 0.500. The van der Waals surface area contributed by atoms with E-state index in [1.807, 2.05) is 17.8 Å². The van der Waals surface area contributed by atoms with E-state index in [-0.39, 0.29) is 11.7 Å². The van der Waals surface area contributed by atoms with Crippen molar-refractivity contribution in [1.82, 2.24) is 29.6 Å². The minimum atomic E-state index is -0.207. The molecule has 0 atom stereocenters. The molecule has 0 saturated heterocycles. The van der Waals surface area contributed by atoms with Gasteiger partial charge < -0.3 is 9.47 Å². The van der Waals surface area contributed by atoms with Crippen LogP contribution < -0.4 is 0 Å². The molecule has 0 aromatic carbocycles. The van der Waals surface area contributed by atoms with Crippen molar-refractivity contribution in [2.24, 2.45) is 7.05 Å². The lowest BCUT2D eigenvalue weighted by atomic mass is 10.3. The molecule has 0 saturated carbocycles. The highest BCUT2D eigenvalue weighted by atomic mass is 16.2. The number of H-pyrrole nitrogens is 1. The summed E-state index contributed by atoms with van der Waals surface area (Å²) in [6.07, 6.45) is 5.31. The number of carbonyl (C=O) groups excluding carboxylic acids is 1. The van der Waals surface area contributed by atoms with Crippen molar-refractivity contribution in [3.63, 3.8) is 0 Å². The van der Waals surface area contributed by atoms with E-state index in [0.29, 0.717) is 6.54 Å². The third-order valence-corrected chi connectivity index (χ3v) is 2.86. The number of imidazole rings is 1. The fourth-order valence-electron chi connectivity index (χ4n) is 1.74. The zero-order valence-electron chi connectivity index (χ0n) is 11.4. The van der Waals surface area contributed by atoms with Crippen LogP contribution in [0.1, 0.15) is 35.6 Å². The molecule has 102 valence electrons. The topological polar surface area (TPSA) is 79.7 Å². The zero-order chi connectivity index (χ0) is 13.8. The van der Waals surface area contributed by atoms with Crippen LogP contribution in [0.5, 0.6) is 0 Å². The third kappa shape index (κ3) is 2.98. The van der Waals surface area contributed by atoms with E-state index in [1.54, 1.807) is 18.1 Å². The molecule has 1 N–H and O–H groups in total. The molecule has 0 spiro atoms. The standard InChI is InChI=1S/C12H18N6O/c1-4-5-9-14-11(16-15-9)12(19)18(3)8-10-13-6-7-17(10)2/h6-7H,4-5,8H2,1-3H3,(H,14,15,16). The number of aromatic nitrogens is 5. The molecule has 0 aliphatic heterocycles. The first-order valence-corrected chi connectivity index (χ1v) is 6.24. The summed E-state index contributed by atoms with van der Waals surface area (Å²) in [5.41, 5.74) is 0. The number of amides is 1. The van der Waals surface area contributed by atoms with Gasteiger partial charge in [0.1, 0.15) is 11.6 Å². The van der Waals surface area contributed by atoms with E-state index in [0.717, 1.165) is 24.5 Å². The van der Waals surface area contributed by atoms with Gasteiger partial charge in [-0.2, -0.15) is 0 Å². The molecule has 0 aliphatic rings. The molecule has 0 aliphatic carbocycles. The van der Waals surface area contributed by atoms with Crippen molar-refractivity contribution >= 4 is 5.91 Å². The highest BCUT2D eigenvalue weighted by Crippen LogP contribution is 2.04. The number of hydrogen-bond acceptors (Lipinski definition) is 4. The zero-order valence-corrected chi connectivity index (χ0v) is 11.4. The number of carbonyl (C=O) groups is 1. The summed E-state index contributed by atoms with van der Waals surface area (Å²) in [6, 6.07) is 0. The van der Waals surface area contributed by atoms with Crippen LogP contribution in [0.3, 0.4) is 0 Å². The SMILES string of the molecule is CCCc1nc(C(=O)N(C)Cc2nccn2C)n[nH]1. The maximum Gasteiger partial charge on any atom is 0.293 e. The molecule has 2 heterocycles. The van der Waals surface area contributed by atoms with Gasteiger partial charge in [0, 0.05) is 32.9 Å². The Bertz CT molecular complexity index is 558. The van der Waals surface area contributed by atoms with Crippen molar-refractivity contribution < 1.29 is 4.79 Å². The van der Waals surface area contributed by atoms with Gasteiger partial charge in [-0.05, 0) is 6.42 Å². The monoisotopic (exact) mass is 262 g/mol. The maximum atomic E-state index is 12.1. The van der Waals surface area contributed by atoms with Crippen LogP contribution in [0.2, 0.25) is 0 Å². The number of hydrogen-bond donors (Lipinski definition) is 1. The summed E-state index contributed by atoms with van der Waals surface area (Å²) in [5, 5.41) is 6.74. The van der Waals surface area contributed by atoms with Crippen molar-refractivity contribution in [2.75, 3.05) is 7.05 Å². The van der Waals surface area contributed by atoms with Gasteiger partial charge in [0.15, 0.2) is 0 Å². The average Bonchev–Trinajstić information content (AvgIpc) is 2.99. The fourth-order valence-corrected chi connectivity index (χ4v) is 1.74. The molecule has 0 radical (unpaired) electrons. The molecule has 2 aromatic heterocycles. The molecule has 7 nitrogen and oxygen atoms in total. The molecule has 19 heavy (non-hydrogen) atoms. The van der Waals surface area contributed by atoms with Gasteiger partial charge in [-0.3, -0.25) is 9.89 Å². The number of nitrogens with zero attached hydrogens (tertiary/aromatic N) is 5. The third-order valence-electron chi connectivity index (χ3n) is 2.86. The minimum absolute atomic E-state index is 0.207. The normalized spacial score (nSPS) is 10.7. The Balaban J connectivity index is 2.04. The van der Waals surface area contributed by atoms with Gasteiger partial charge in [0.2, 0.25) is 5.82 Å². The molecule has 2 rings (SSSR count). The first-order chi connectivity index (χ1) is 9.11. The number of aromatic amines is 1. The summed E-state index contributed by atoms with van der Waals surface area (Å²) in [6.45, 7) is 2.48. The predicted molar refractivity (Wildman–Crippen MR) is 69.4 cm³/mol. The minimum Gasteiger partial charge on any atom is -0.337 e. The summed E-state index contributed by atoms with van der Waals surface area (Å²) in [5.74, 6) is 1.57. The maximum absolute atomic E-state index is 12.1. The van der Waals surface area contributed by atoms with Crippen LogP contribution in [0.15, 0.2) is 12.4 Å². The molecule has 2 aromatic rings. The molecular weight excluding hydrogens is 244 g/mol. The number of rotatable bonds is 5. The van der Waals surface area contributed by atoms with E-state index in [9.17, 15) is 4.79 Å². The van der Waals surface area contributed by atoms with Gasteiger partial charge in [-0.15, -0.1) is 5.10 Å².